The predicted octanol–water partition coefficient (Wildman–Crippen LogP) is 0.755. The van der Waals surface area contributed by atoms with Gasteiger partial charge >= 0.3 is 8.08 Å². The van der Waals surface area contributed by atoms with Crippen molar-refractivity contribution in [3.05, 3.63) is 0 Å². The van der Waals surface area contributed by atoms with Crippen molar-refractivity contribution in [3.8, 4) is 0 Å². The number of hydrogen-bond donors (Lipinski definition) is 1. The van der Waals surface area contributed by atoms with Crippen molar-refractivity contribution in [2.45, 2.75) is 19.0 Å². The van der Waals surface area contributed by atoms with E-state index >= 15 is 0 Å². The summed E-state index contributed by atoms with van der Waals surface area (Å²) in [4.78, 5) is 0. The van der Waals surface area contributed by atoms with Gasteiger partial charge in [0.25, 0.3) is 0 Å². The molecule has 0 fully saturated rings. The van der Waals surface area contributed by atoms with Gasteiger partial charge in [0.1, 0.15) is 0 Å². The molecule has 11 heavy (non-hydrogen) atoms. The van der Waals surface area contributed by atoms with Gasteiger partial charge in [-0.2, -0.15) is 12.6 Å². The van der Waals surface area contributed by atoms with Gasteiger partial charge in [-0.25, -0.2) is 0 Å². The first-order valence-electron chi connectivity index (χ1n) is 3.89. The van der Waals surface area contributed by atoms with Gasteiger partial charge in [-0.15, -0.1) is 0 Å². The summed E-state index contributed by atoms with van der Waals surface area (Å²) in [7, 11) is 1.77. The molecule has 0 spiro atoms. The Hall–Kier alpha value is 0.704. The fraction of sp³-hybridized carbons (Fsp3) is 1.00. The Morgan fingerprint density at radius 3 is 2.27 bits per heavy atom. The standard InChI is InChI=1S/C6H18O2SSi2/c1-7-11(3,8-2)10-6-4-5-9/h9H,4-6,10H2,1-3H3. The first-order chi connectivity index (χ1) is 5.18. The van der Waals surface area contributed by atoms with E-state index in [0.717, 1.165) is 5.75 Å². The van der Waals surface area contributed by atoms with Crippen LogP contribution in [0.5, 0.6) is 0 Å². The predicted molar refractivity (Wildman–Crippen MR) is 57.5 cm³/mol. The van der Waals surface area contributed by atoms with E-state index in [0.29, 0.717) is 0 Å². The zero-order valence-corrected chi connectivity index (χ0v) is 10.9. The quantitative estimate of drug-likeness (QED) is 0.396. The Bertz CT molecular complexity index is 98.6. The van der Waals surface area contributed by atoms with E-state index in [-0.39, 0.29) is 9.04 Å². The molecule has 68 valence electrons. The van der Waals surface area contributed by atoms with Crippen molar-refractivity contribution < 1.29 is 8.85 Å². The van der Waals surface area contributed by atoms with Crippen LogP contribution in [0, 0.1) is 0 Å². The lowest BCUT2D eigenvalue weighted by Gasteiger charge is -2.22. The summed E-state index contributed by atoms with van der Waals surface area (Å²) in [5.74, 6) is 0.991. The Morgan fingerprint density at radius 1 is 1.36 bits per heavy atom. The van der Waals surface area contributed by atoms with Gasteiger partial charge in [0.05, 0.1) is 9.04 Å². The first-order valence-corrected chi connectivity index (χ1v) is 10.2. The summed E-state index contributed by atoms with van der Waals surface area (Å²) in [6.07, 6.45) is 1.21. The maximum absolute atomic E-state index is 5.39. The van der Waals surface area contributed by atoms with Gasteiger partial charge in [-0.05, 0) is 18.7 Å². The zero-order valence-electron chi connectivity index (χ0n) is 7.59. The van der Waals surface area contributed by atoms with Crippen molar-refractivity contribution in [1.82, 2.24) is 0 Å². The number of thiol groups is 1. The van der Waals surface area contributed by atoms with Crippen LogP contribution in [0.15, 0.2) is 0 Å². The highest BCUT2D eigenvalue weighted by Gasteiger charge is 2.27. The third-order valence-electron chi connectivity index (χ3n) is 1.90. The molecule has 0 aliphatic carbocycles. The van der Waals surface area contributed by atoms with Gasteiger partial charge in [0.2, 0.25) is 0 Å². The number of hydrogen-bond acceptors (Lipinski definition) is 3. The molecule has 0 aromatic heterocycles. The van der Waals surface area contributed by atoms with Crippen molar-refractivity contribution in [2.75, 3.05) is 20.0 Å². The molecule has 0 aromatic rings. The van der Waals surface area contributed by atoms with Crippen LogP contribution in [-0.2, 0) is 8.85 Å². The van der Waals surface area contributed by atoms with E-state index in [1.807, 2.05) is 0 Å². The molecule has 0 aliphatic rings. The molecule has 0 saturated carbocycles. The molecular formula is C6H18O2SSi2. The van der Waals surface area contributed by atoms with Crippen LogP contribution in [0.25, 0.3) is 0 Å². The summed E-state index contributed by atoms with van der Waals surface area (Å²) >= 11 is 4.16. The summed E-state index contributed by atoms with van der Waals surface area (Å²) < 4.78 is 10.8. The van der Waals surface area contributed by atoms with E-state index in [2.05, 4.69) is 19.2 Å². The second-order valence-corrected chi connectivity index (χ2v) is 12.8. The molecule has 0 N–H and O–H groups in total. The summed E-state index contributed by atoms with van der Waals surface area (Å²) in [6, 6.07) is 1.30. The Balaban J connectivity index is 3.51. The molecule has 0 aromatic carbocycles. The monoisotopic (exact) mass is 210 g/mol. The van der Waals surface area contributed by atoms with Crippen LogP contribution in [0.2, 0.25) is 12.6 Å². The van der Waals surface area contributed by atoms with Crippen molar-refractivity contribution in [2.24, 2.45) is 0 Å². The van der Waals surface area contributed by atoms with Gasteiger partial charge in [0.15, 0.2) is 0 Å². The molecule has 0 atom stereocenters. The Labute approximate surface area is 77.9 Å². The molecule has 0 amide bonds. The number of rotatable bonds is 6. The average molecular weight is 210 g/mol. The molecule has 0 aliphatic heterocycles. The highest BCUT2D eigenvalue weighted by molar-refractivity contribution is 7.80. The van der Waals surface area contributed by atoms with Crippen LogP contribution in [0.4, 0.5) is 0 Å². The van der Waals surface area contributed by atoms with E-state index in [1.165, 1.54) is 12.5 Å². The SMILES string of the molecule is CO[Si](C)(OC)[SiH2]CCCS. The molecule has 0 rings (SSSR count). The normalized spacial score (nSPS) is 13.1. The van der Waals surface area contributed by atoms with E-state index < -0.39 is 8.08 Å². The molecular weight excluding hydrogens is 192 g/mol. The van der Waals surface area contributed by atoms with E-state index in [1.54, 1.807) is 14.2 Å². The molecule has 2 nitrogen and oxygen atoms in total. The molecule has 0 bridgehead atoms. The van der Waals surface area contributed by atoms with Crippen molar-refractivity contribution in [3.63, 3.8) is 0 Å². The largest absolute Gasteiger partial charge is 0.401 e. The summed E-state index contributed by atoms with van der Waals surface area (Å²) in [5, 5.41) is 0. The lowest BCUT2D eigenvalue weighted by molar-refractivity contribution is 0.272. The topological polar surface area (TPSA) is 18.5 Å². The highest BCUT2D eigenvalue weighted by atomic mass is 32.1. The highest BCUT2D eigenvalue weighted by Crippen LogP contribution is 2.05. The minimum absolute atomic E-state index is 0.137. The van der Waals surface area contributed by atoms with Crippen molar-refractivity contribution in [1.29, 1.82) is 0 Å². The van der Waals surface area contributed by atoms with Crippen LogP contribution in [-0.4, -0.2) is 37.1 Å². The van der Waals surface area contributed by atoms with E-state index in [9.17, 15) is 0 Å². The van der Waals surface area contributed by atoms with Gasteiger partial charge < -0.3 is 8.85 Å². The lowest BCUT2D eigenvalue weighted by atomic mass is 10.6. The molecule has 0 unspecified atom stereocenters. The van der Waals surface area contributed by atoms with Crippen LogP contribution >= 0.6 is 12.6 Å². The Kier molecular flexibility index (Phi) is 6.64. The fourth-order valence-corrected chi connectivity index (χ4v) is 7.11. The molecule has 0 saturated heterocycles. The van der Waals surface area contributed by atoms with Gasteiger partial charge in [-0.1, -0.05) is 6.04 Å². The first kappa shape index (κ1) is 11.7. The second kappa shape index (κ2) is 6.25. The van der Waals surface area contributed by atoms with Crippen LogP contribution in [0.1, 0.15) is 6.42 Å². The Morgan fingerprint density at radius 2 is 1.91 bits per heavy atom. The zero-order chi connectivity index (χ0) is 8.74. The maximum Gasteiger partial charge on any atom is 0.304 e. The fourth-order valence-electron chi connectivity index (χ4n) is 0.845. The third kappa shape index (κ3) is 5.02. The molecule has 0 heterocycles. The molecule has 0 radical (unpaired) electrons. The van der Waals surface area contributed by atoms with Crippen LogP contribution in [0.3, 0.4) is 0 Å². The summed E-state index contributed by atoms with van der Waals surface area (Å²) in [5.41, 5.74) is 0. The van der Waals surface area contributed by atoms with Crippen molar-refractivity contribution >= 4 is 29.7 Å². The van der Waals surface area contributed by atoms with Gasteiger partial charge in [0, 0.05) is 14.2 Å². The minimum atomic E-state index is -1.63. The summed E-state index contributed by atoms with van der Waals surface area (Å²) in [6.45, 7) is 2.15. The minimum Gasteiger partial charge on any atom is -0.401 e. The van der Waals surface area contributed by atoms with Crippen LogP contribution < -0.4 is 0 Å². The molecule has 5 heteroatoms. The second-order valence-electron chi connectivity index (χ2n) is 2.72. The lowest BCUT2D eigenvalue weighted by Crippen LogP contribution is -2.43. The van der Waals surface area contributed by atoms with E-state index in [4.69, 9.17) is 8.85 Å². The van der Waals surface area contributed by atoms with Gasteiger partial charge in [-0.3, -0.25) is 0 Å². The maximum atomic E-state index is 5.39. The third-order valence-corrected chi connectivity index (χ3v) is 11.2. The smallest absolute Gasteiger partial charge is 0.304 e. The average Bonchev–Trinajstić information content (AvgIpc) is 2.05.